The highest BCUT2D eigenvalue weighted by Gasteiger charge is 2.24. The van der Waals surface area contributed by atoms with Crippen molar-refractivity contribution in [3.8, 4) is 0 Å². The molecule has 0 N–H and O–H groups in total. The quantitative estimate of drug-likeness (QED) is 0.540. The van der Waals surface area contributed by atoms with E-state index in [-0.39, 0.29) is 0 Å². The standard InChI is InChI=1S/C12H20/c1-4-11(12-8-9-12)7-5-6-10(2)3/h10,12H,1,5-9H2,2-3H3. The van der Waals surface area contributed by atoms with E-state index in [0.717, 1.165) is 11.8 Å². The van der Waals surface area contributed by atoms with Crippen LogP contribution in [0.5, 0.6) is 0 Å². The van der Waals surface area contributed by atoms with Gasteiger partial charge in [-0.05, 0) is 43.1 Å². The fourth-order valence-corrected chi connectivity index (χ4v) is 1.57. The van der Waals surface area contributed by atoms with E-state index >= 15 is 0 Å². The van der Waals surface area contributed by atoms with Crippen LogP contribution in [-0.4, -0.2) is 0 Å². The minimum absolute atomic E-state index is 0.843. The molecule has 1 fully saturated rings. The van der Waals surface area contributed by atoms with Gasteiger partial charge in [0.25, 0.3) is 0 Å². The molecule has 0 heterocycles. The summed E-state index contributed by atoms with van der Waals surface area (Å²) in [4.78, 5) is 0. The lowest BCUT2D eigenvalue weighted by Crippen LogP contribution is -1.90. The number of hydrogen-bond donors (Lipinski definition) is 0. The van der Waals surface area contributed by atoms with Gasteiger partial charge in [0.15, 0.2) is 0 Å². The maximum Gasteiger partial charge on any atom is -0.0127 e. The Labute approximate surface area is 76.4 Å². The third kappa shape index (κ3) is 3.28. The highest BCUT2D eigenvalue weighted by atomic mass is 14.3. The van der Waals surface area contributed by atoms with Gasteiger partial charge in [-0.25, -0.2) is 0 Å². The van der Waals surface area contributed by atoms with Gasteiger partial charge in [-0.1, -0.05) is 26.8 Å². The van der Waals surface area contributed by atoms with Gasteiger partial charge in [0.05, 0.1) is 0 Å². The summed E-state index contributed by atoms with van der Waals surface area (Å²) in [7, 11) is 0. The molecule has 68 valence electrons. The molecule has 1 aliphatic carbocycles. The highest BCUT2D eigenvalue weighted by molar-refractivity contribution is 5.10. The van der Waals surface area contributed by atoms with Crippen molar-refractivity contribution in [3.63, 3.8) is 0 Å². The Balaban J connectivity index is 2.16. The predicted octanol–water partition coefficient (Wildman–Crippen LogP) is 3.93. The van der Waals surface area contributed by atoms with E-state index in [0.29, 0.717) is 0 Å². The van der Waals surface area contributed by atoms with Crippen molar-refractivity contribution >= 4 is 0 Å². The van der Waals surface area contributed by atoms with Gasteiger partial charge in [-0.2, -0.15) is 0 Å². The van der Waals surface area contributed by atoms with Crippen LogP contribution in [0.2, 0.25) is 0 Å². The first-order chi connectivity index (χ1) is 5.74. The second-order valence-electron chi connectivity index (χ2n) is 4.26. The molecule has 0 spiro atoms. The smallest absolute Gasteiger partial charge is 0.0127 e. The molecule has 0 heteroatoms. The Morgan fingerprint density at radius 1 is 1.50 bits per heavy atom. The van der Waals surface area contributed by atoms with Gasteiger partial charge >= 0.3 is 0 Å². The molecule has 0 unspecified atom stereocenters. The molecule has 0 aromatic heterocycles. The molecule has 0 radical (unpaired) electrons. The van der Waals surface area contributed by atoms with Crippen LogP contribution in [0.25, 0.3) is 0 Å². The Hall–Kier alpha value is -0.480. The van der Waals surface area contributed by atoms with Crippen LogP contribution < -0.4 is 0 Å². The third-order valence-electron chi connectivity index (χ3n) is 2.52. The summed E-state index contributed by atoms with van der Waals surface area (Å²) in [5, 5.41) is 0. The van der Waals surface area contributed by atoms with E-state index in [4.69, 9.17) is 0 Å². The third-order valence-corrected chi connectivity index (χ3v) is 2.52. The lowest BCUT2D eigenvalue weighted by atomic mass is 10.0. The molecular formula is C12H20. The van der Waals surface area contributed by atoms with Crippen LogP contribution in [0.4, 0.5) is 0 Å². The molecule has 0 aliphatic heterocycles. The van der Waals surface area contributed by atoms with Crippen molar-refractivity contribution in [2.24, 2.45) is 11.8 Å². The topological polar surface area (TPSA) is 0 Å². The Morgan fingerprint density at radius 2 is 2.17 bits per heavy atom. The average Bonchev–Trinajstić information content (AvgIpc) is 2.80. The van der Waals surface area contributed by atoms with Crippen LogP contribution in [0.1, 0.15) is 46.0 Å². The summed E-state index contributed by atoms with van der Waals surface area (Å²) in [6.07, 6.45) is 6.69. The van der Waals surface area contributed by atoms with Crippen LogP contribution in [0.15, 0.2) is 17.9 Å². The fraction of sp³-hybridized carbons (Fsp3) is 0.750. The van der Waals surface area contributed by atoms with Gasteiger partial charge in [-0.3, -0.25) is 0 Å². The van der Waals surface area contributed by atoms with Crippen LogP contribution in [-0.2, 0) is 0 Å². The monoisotopic (exact) mass is 164 g/mol. The Kier molecular flexibility index (Phi) is 3.62. The molecule has 1 aliphatic rings. The van der Waals surface area contributed by atoms with Crippen molar-refractivity contribution in [1.82, 2.24) is 0 Å². The normalized spacial score (nSPS) is 16.2. The van der Waals surface area contributed by atoms with E-state index in [1.807, 2.05) is 0 Å². The summed E-state index contributed by atoms with van der Waals surface area (Å²) in [5.74, 6) is 1.71. The zero-order valence-corrected chi connectivity index (χ0v) is 8.40. The maximum atomic E-state index is 3.76. The van der Waals surface area contributed by atoms with E-state index in [2.05, 4.69) is 26.2 Å². The molecular weight excluding hydrogens is 144 g/mol. The number of allylic oxidation sites excluding steroid dienone is 1. The van der Waals surface area contributed by atoms with Crippen molar-refractivity contribution in [1.29, 1.82) is 0 Å². The molecule has 0 saturated heterocycles. The lowest BCUT2D eigenvalue weighted by molar-refractivity contribution is 0.550. The number of hydrogen-bond acceptors (Lipinski definition) is 0. The van der Waals surface area contributed by atoms with Gasteiger partial charge in [0, 0.05) is 0 Å². The molecule has 0 nitrogen and oxygen atoms in total. The second-order valence-corrected chi connectivity index (χ2v) is 4.26. The summed E-state index contributed by atoms with van der Waals surface area (Å²) in [5.41, 5.74) is 4.60. The van der Waals surface area contributed by atoms with E-state index in [9.17, 15) is 0 Å². The first kappa shape index (κ1) is 9.61. The molecule has 0 bridgehead atoms. The maximum absolute atomic E-state index is 3.76. The minimum atomic E-state index is 0.843. The Bertz CT molecular complexity index is 178. The van der Waals surface area contributed by atoms with Crippen molar-refractivity contribution in [2.75, 3.05) is 0 Å². The van der Waals surface area contributed by atoms with Crippen LogP contribution in [0, 0.1) is 11.8 Å². The zero-order chi connectivity index (χ0) is 8.97. The van der Waals surface area contributed by atoms with Gasteiger partial charge < -0.3 is 0 Å². The highest BCUT2D eigenvalue weighted by Crippen LogP contribution is 2.38. The molecule has 12 heavy (non-hydrogen) atoms. The van der Waals surface area contributed by atoms with Gasteiger partial charge in [0.1, 0.15) is 0 Å². The van der Waals surface area contributed by atoms with E-state index in [1.165, 1.54) is 37.7 Å². The van der Waals surface area contributed by atoms with Crippen LogP contribution >= 0.6 is 0 Å². The van der Waals surface area contributed by atoms with Gasteiger partial charge in [0.2, 0.25) is 0 Å². The van der Waals surface area contributed by atoms with E-state index < -0.39 is 0 Å². The average molecular weight is 164 g/mol. The molecule has 0 atom stereocenters. The lowest BCUT2D eigenvalue weighted by Gasteiger charge is -2.05. The fourth-order valence-electron chi connectivity index (χ4n) is 1.57. The van der Waals surface area contributed by atoms with Crippen molar-refractivity contribution in [3.05, 3.63) is 17.9 Å². The molecule has 1 saturated carbocycles. The summed E-state index contributed by atoms with van der Waals surface area (Å²) < 4.78 is 0. The summed E-state index contributed by atoms with van der Waals surface area (Å²) in [6.45, 7) is 8.33. The first-order valence-corrected chi connectivity index (χ1v) is 5.13. The van der Waals surface area contributed by atoms with E-state index in [1.54, 1.807) is 0 Å². The van der Waals surface area contributed by atoms with Crippen molar-refractivity contribution < 1.29 is 0 Å². The summed E-state index contributed by atoms with van der Waals surface area (Å²) in [6, 6.07) is 0. The Morgan fingerprint density at radius 3 is 2.58 bits per heavy atom. The van der Waals surface area contributed by atoms with Crippen molar-refractivity contribution in [2.45, 2.75) is 46.0 Å². The van der Waals surface area contributed by atoms with Crippen LogP contribution in [0.3, 0.4) is 0 Å². The molecule has 0 aromatic carbocycles. The van der Waals surface area contributed by atoms with Gasteiger partial charge in [-0.15, -0.1) is 5.73 Å². The minimum Gasteiger partial charge on any atom is -0.129 e. The molecule has 0 amide bonds. The number of rotatable bonds is 5. The zero-order valence-electron chi connectivity index (χ0n) is 8.40. The largest absolute Gasteiger partial charge is 0.129 e. The SMILES string of the molecule is C=C=C(CCCC(C)C)C1CC1. The predicted molar refractivity (Wildman–Crippen MR) is 54.1 cm³/mol. The molecule has 0 aromatic rings. The second kappa shape index (κ2) is 4.52. The summed E-state index contributed by atoms with van der Waals surface area (Å²) >= 11 is 0. The first-order valence-electron chi connectivity index (χ1n) is 5.13. The molecule has 1 rings (SSSR count).